The zero-order valence-corrected chi connectivity index (χ0v) is 15.3. The monoisotopic (exact) mass is 354 g/mol. The predicted octanol–water partition coefficient (Wildman–Crippen LogP) is 3.84. The number of nitrogens with zero attached hydrogens (tertiary/aromatic N) is 1. The summed E-state index contributed by atoms with van der Waals surface area (Å²) < 4.78 is 6.31. The molecule has 0 radical (unpaired) electrons. The highest BCUT2D eigenvalue weighted by Gasteiger charge is 2.29. The van der Waals surface area contributed by atoms with Crippen LogP contribution in [0.5, 0.6) is 5.75 Å². The van der Waals surface area contributed by atoms with E-state index in [9.17, 15) is 0 Å². The molecule has 4 unspecified atom stereocenters. The first-order valence-corrected chi connectivity index (χ1v) is 8.51. The Balaban J connectivity index is 2.03. The van der Waals surface area contributed by atoms with Crippen molar-refractivity contribution >= 4 is 15.9 Å². The molecular weight excluding hydrogens is 328 g/mol. The van der Waals surface area contributed by atoms with Crippen molar-refractivity contribution < 1.29 is 4.74 Å². The largest absolute Gasteiger partial charge is 0.496 e. The molecule has 1 heterocycles. The minimum Gasteiger partial charge on any atom is -0.496 e. The number of benzene rings is 1. The van der Waals surface area contributed by atoms with E-state index in [1.165, 1.54) is 12.0 Å². The molecule has 118 valence electrons. The van der Waals surface area contributed by atoms with E-state index < -0.39 is 0 Å². The van der Waals surface area contributed by atoms with Gasteiger partial charge < -0.3 is 15.0 Å². The van der Waals surface area contributed by atoms with Crippen molar-refractivity contribution in [1.82, 2.24) is 10.2 Å². The summed E-state index contributed by atoms with van der Waals surface area (Å²) >= 11 is 3.57. The topological polar surface area (TPSA) is 24.5 Å². The first-order chi connectivity index (χ1) is 9.92. The van der Waals surface area contributed by atoms with Gasteiger partial charge in [0.15, 0.2) is 0 Å². The lowest BCUT2D eigenvalue weighted by Gasteiger charge is -2.41. The molecule has 1 saturated heterocycles. The Bertz CT molecular complexity index is 480. The summed E-state index contributed by atoms with van der Waals surface area (Å²) in [5.41, 5.74) is 1.29. The van der Waals surface area contributed by atoms with E-state index in [0.717, 1.165) is 16.8 Å². The van der Waals surface area contributed by atoms with Crippen LogP contribution in [0, 0.1) is 5.92 Å². The van der Waals surface area contributed by atoms with Gasteiger partial charge >= 0.3 is 0 Å². The maximum absolute atomic E-state index is 5.30. The van der Waals surface area contributed by atoms with Gasteiger partial charge in [0.1, 0.15) is 5.75 Å². The van der Waals surface area contributed by atoms with Gasteiger partial charge in [-0.1, -0.05) is 13.0 Å². The fourth-order valence-electron chi connectivity index (χ4n) is 3.14. The van der Waals surface area contributed by atoms with Crippen LogP contribution in [0.4, 0.5) is 0 Å². The van der Waals surface area contributed by atoms with Gasteiger partial charge in [0, 0.05) is 24.7 Å². The number of methoxy groups -OCH3 is 1. The van der Waals surface area contributed by atoms with E-state index in [4.69, 9.17) is 4.74 Å². The fourth-order valence-corrected chi connectivity index (χ4v) is 3.70. The molecule has 0 aromatic heterocycles. The predicted molar refractivity (Wildman–Crippen MR) is 91.9 cm³/mol. The Labute approximate surface area is 137 Å². The summed E-state index contributed by atoms with van der Waals surface area (Å²) in [7, 11) is 3.92. The van der Waals surface area contributed by atoms with Crippen molar-refractivity contribution in [3.8, 4) is 5.75 Å². The number of nitrogens with one attached hydrogen (secondary N) is 1. The molecule has 0 saturated carbocycles. The summed E-state index contributed by atoms with van der Waals surface area (Å²) in [6.07, 6.45) is 1.21. The fraction of sp³-hybridized carbons (Fsp3) is 0.647. The van der Waals surface area contributed by atoms with Crippen LogP contribution in [0.3, 0.4) is 0 Å². The molecule has 1 aliphatic rings. The minimum absolute atomic E-state index is 0.343. The Morgan fingerprint density at radius 1 is 1.38 bits per heavy atom. The molecule has 0 bridgehead atoms. The molecule has 0 spiro atoms. The third-order valence-corrected chi connectivity index (χ3v) is 5.37. The Morgan fingerprint density at radius 3 is 2.71 bits per heavy atom. The summed E-state index contributed by atoms with van der Waals surface area (Å²) in [4.78, 5) is 2.46. The summed E-state index contributed by atoms with van der Waals surface area (Å²) in [5, 5.41) is 3.81. The second-order valence-electron chi connectivity index (χ2n) is 6.39. The first kappa shape index (κ1) is 16.8. The molecule has 21 heavy (non-hydrogen) atoms. The summed E-state index contributed by atoms with van der Waals surface area (Å²) in [6, 6.07) is 7.89. The van der Waals surface area contributed by atoms with E-state index in [1.807, 2.05) is 6.07 Å². The molecule has 0 amide bonds. The second kappa shape index (κ2) is 7.12. The molecule has 1 N–H and O–H groups in total. The van der Waals surface area contributed by atoms with Gasteiger partial charge in [0.2, 0.25) is 0 Å². The molecule has 0 aliphatic carbocycles. The molecule has 4 atom stereocenters. The standard InChI is InChI=1S/C17H27BrN2O/c1-11-10-20(4)12(2)8-16(11)19-13(3)14-6-7-17(21-5)15(18)9-14/h6-7,9,11-13,16,19H,8,10H2,1-5H3. The van der Waals surface area contributed by atoms with E-state index in [-0.39, 0.29) is 0 Å². The number of halogens is 1. The molecule has 3 nitrogen and oxygen atoms in total. The highest BCUT2D eigenvalue weighted by atomic mass is 79.9. The van der Waals surface area contributed by atoms with Crippen LogP contribution in [0.25, 0.3) is 0 Å². The summed E-state index contributed by atoms with van der Waals surface area (Å²) in [6.45, 7) is 8.06. The molecule has 1 aliphatic heterocycles. The number of rotatable bonds is 4. The van der Waals surface area contributed by atoms with Gasteiger partial charge in [-0.05, 0) is 66.9 Å². The van der Waals surface area contributed by atoms with E-state index >= 15 is 0 Å². The Morgan fingerprint density at radius 2 is 2.10 bits per heavy atom. The highest BCUT2D eigenvalue weighted by molar-refractivity contribution is 9.10. The SMILES string of the molecule is COc1ccc(C(C)NC2CC(C)N(C)CC2C)cc1Br. The van der Waals surface area contributed by atoms with Crippen LogP contribution in [-0.4, -0.2) is 37.7 Å². The lowest BCUT2D eigenvalue weighted by molar-refractivity contribution is 0.116. The first-order valence-electron chi connectivity index (χ1n) is 7.72. The lowest BCUT2D eigenvalue weighted by atomic mass is 9.89. The Kier molecular flexibility index (Phi) is 5.69. The van der Waals surface area contributed by atoms with Crippen molar-refractivity contribution in [1.29, 1.82) is 0 Å². The van der Waals surface area contributed by atoms with Crippen LogP contribution in [0.2, 0.25) is 0 Å². The second-order valence-corrected chi connectivity index (χ2v) is 7.24. The third-order valence-electron chi connectivity index (χ3n) is 4.75. The number of ether oxygens (including phenoxy) is 1. The maximum atomic E-state index is 5.30. The zero-order valence-electron chi connectivity index (χ0n) is 13.7. The van der Waals surface area contributed by atoms with Gasteiger partial charge in [0.25, 0.3) is 0 Å². The molecule has 4 heteroatoms. The minimum atomic E-state index is 0.343. The van der Waals surface area contributed by atoms with E-state index in [2.05, 4.69) is 66.1 Å². The number of piperidine rings is 1. The smallest absolute Gasteiger partial charge is 0.133 e. The average Bonchev–Trinajstić information content (AvgIpc) is 2.44. The number of hydrogen-bond acceptors (Lipinski definition) is 3. The van der Waals surface area contributed by atoms with Crippen molar-refractivity contribution in [2.75, 3.05) is 20.7 Å². The van der Waals surface area contributed by atoms with Gasteiger partial charge in [0.05, 0.1) is 11.6 Å². The van der Waals surface area contributed by atoms with Gasteiger partial charge in [-0.25, -0.2) is 0 Å². The zero-order chi connectivity index (χ0) is 15.6. The van der Waals surface area contributed by atoms with Gasteiger partial charge in [-0.2, -0.15) is 0 Å². The molecule has 1 aromatic carbocycles. The van der Waals surface area contributed by atoms with Crippen molar-refractivity contribution in [3.63, 3.8) is 0 Å². The van der Waals surface area contributed by atoms with E-state index in [0.29, 0.717) is 24.0 Å². The lowest BCUT2D eigenvalue weighted by Crippen LogP contribution is -2.51. The van der Waals surface area contributed by atoms with Gasteiger partial charge in [-0.3, -0.25) is 0 Å². The van der Waals surface area contributed by atoms with Crippen molar-refractivity contribution in [2.45, 2.75) is 45.3 Å². The van der Waals surface area contributed by atoms with Crippen molar-refractivity contribution in [2.24, 2.45) is 5.92 Å². The molecule has 2 rings (SSSR count). The average molecular weight is 355 g/mol. The summed E-state index contributed by atoms with van der Waals surface area (Å²) in [5.74, 6) is 1.56. The van der Waals surface area contributed by atoms with Crippen LogP contribution in [-0.2, 0) is 0 Å². The quantitative estimate of drug-likeness (QED) is 0.888. The van der Waals surface area contributed by atoms with Crippen LogP contribution >= 0.6 is 15.9 Å². The number of hydrogen-bond donors (Lipinski definition) is 1. The van der Waals surface area contributed by atoms with Crippen molar-refractivity contribution in [3.05, 3.63) is 28.2 Å². The molecule has 1 fully saturated rings. The number of likely N-dealkylation sites (tertiary alicyclic amines) is 1. The van der Waals surface area contributed by atoms with Crippen LogP contribution < -0.4 is 10.1 Å². The van der Waals surface area contributed by atoms with E-state index in [1.54, 1.807) is 7.11 Å². The van der Waals surface area contributed by atoms with Crippen LogP contribution in [0.15, 0.2) is 22.7 Å². The molecule has 1 aromatic rings. The normalized spacial score (nSPS) is 28.4. The van der Waals surface area contributed by atoms with Crippen LogP contribution in [0.1, 0.15) is 38.8 Å². The maximum Gasteiger partial charge on any atom is 0.133 e. The third kappa shape index (κ3) is 3.99. The molecular formula is C17H27BrN2O. The highest BCUT2D eigenvalue weighted by Crippen LogP contribution is 2.29. The van der Waals surface area contributed by atoms with Gasteiger partial charge in [-0.15, -0.1) is 0 Å². The Hall–Kier alpha value is -0.580.